The number of methoxy groups -OCH3 is 1. The molecule has 3 N–H and O–H groups in total. The van der Waals surface area contributed by atoms with Crippen molar-refractivity contribution in [1.82, 2.24) is 9.88 Å². The van der Waals surface area contributed by atoms with E-state index in [9.17, 15) is 24.6 Å². The lowest BCUT2D eigenvalue weighted by molar-refractivity contribution is -0.145. The molecule has 2 aromatic carbocycles. The van der Waals surface area contributed by atoms with Crippen LogP contribution >= 0.6 is 0 Å². The molecule has 200 valence electrons. The van der Waals surface area contributed by atoms with Crippen molar-refractivity contribution >= 4 is 17.8 Å². The number of aryl methyl sites for hydroxylation is 1. The van der Waals surface area contributed by atoms with Crippen molar-refractivity contribution in [2.24, 2.45) is 5.92 Å². The highest BCUT2D eigenvalue weighted by atomic mass is 16.5. The molecular weight excluding hydrogens is 492 g/mol. The second-order valence-electron chi connectivity index (χ2n) is 8.79. The lowest BCUT2D eigenvalue weighted by Gasteiger charge is -2.19. The molecular formula is C28H30N2O8. The molecule has 0 saturated heterocycles. The van der Waals surface area contributed by atoms with E-state index in [4.69, 9.17) is 14.6 Å². The number of pyridine rings is 1. The van der Waals surface area contributed by atoms with Crippen molar-refractivity contribution in [3.8, 4) is 22.8 Å². The summed E-state index contributed by atoms with van der Waals surface area (Å²) in [5, 5.41) is 28.7. The number of aromatic nitrogens is 1. The number of carbonyl (C=O) groups is 3. The summed E-state index contributed by atoms with van der Waals surface area (Å²) in [7, 11) is 3.04. The van der Waals surface area contributed by atoms with Gasteiger partial charge in [0.05, 0.1) is 36.9 Å². The minimum atomic E-state index is -1.27. The number of rotatable bonds is 10. The van der Waals surface area contributed by atoms with Crippen LogP contribution in [0.1, 0.15) is 44.9 Å². The summed E-state index contributed by atoms with van der Waals surface area (Å²) >= 11 is 0. The molecule has 2 atom stereocenters. The van der Waals surface area contributed by atoms with Gasteiger partial charge in [-0.3, -0.25) is 9.59 Å². The molecule has 3 rings (SSSR count). The van der Waals surface area contributed by atoms with Crippen molar-refractivity contribution in [2.75, 3.05) is 27.3 Å². The van der Waals surface area contributed by atoms with Crippen molar-refractivity contribution in [3.63, 3.8) is 0 Å². The van der Waals surface area contributed by atoms with Crippen LogP contribution in [0.5, 0.6) is 11.6 Å². The minimum Gasteiger partial charge on any atom is -0.481 e. The monoisotopic (exact) mass is 522 g/mol. The predicted octanol–water partition coefficient (Wildman–Crippen LogP) is 3.10. The molecule has 0 bridgehead atoms. The molecule has 0 unspecified atom stereocenters. The SMILES string of the molecule is COc1cc(-c2ccc(C(=O)Oc3cccc([C@H](O)[C@H](C)C(=O)O)c3)c(C)c2)c(C(=O)N(C)CCO)cn1. The number of amides is 1. The third-order valence-corrected chi connectivity index (χ3v) is 6.13. The number of carboxylic acids is 1. The van der Waals surface area contributed by atoms with Crippen molar-refractivity contribution in [2.45, 2.75) is 20.0 Å². The minimum absolute atomic E-state index is 0.154. The predicted molar refractivity (Wildman–Crippen MR) is 138 cm³/mol. The van der Waals surface area contributed by atoms with Gasteiger partial charge in [-0.2, -0.15) is 0 Å². The molecule has 0 aliphatic heterocycles. The summed E-state index contributed by atoms with van der Waals surface area (Å²) in [5.41, 5.74) is 2.68. The van der Waals surface area contributed by atoms with Gasteiger partial charge in [0.25, 0.3) is 5.91 Å². The van der Waals surface area contributed by atoms with Crippen LogP contribution in [0.4, 0.5) is 0 Å². The highest BCUT2D eigenvalue weighted by molar-refractivity contribution is 6.01. The van der Waals surface area contributed by atoms with E-state index in [0.717, 1.165) is 0 Å². The maximum absolute atomic E-state index is 13.0. The summed E-state index contributed by atoms with van der Waals surface area (Å²) < 4.78 is 10.7. The molecule has 10 heteroatoms. The van der Waals surface area contributed by atoms with E-state index in [0.29, 0.717) is 33.7 Å². The smallest absolute Gasteiger partial charge is 0.343 e. The molecule has 0 aliphatic carbocycles. The highest BCUT2D eigenvalue weighted by Gasteiger charge is 2.24. The summed E-state index contributed by atoms with van der Waals surface area (Å²) in [6, 6.07) is 12.7. The number of carbonyl (C=O) groups excluding carboxylic acids is 2. The fraction of sp³-hybridized carbons (Fsp3) is 0.286. The Bertz CT molecular complexity index is 1340. The Labute approximate surface area is 220 Å². The lowest BCUT2D eigenvalue weighted by Crippen LogP contribution is -2.30. The zero-order chi connectivity index (χ0) is 28.0. The number of aliphatic hydroxyl groups excluding tert-OH is 2. The van der Waals surface area contributed by atoms with E-state index in [1.54, 1.807) is 50.4 Å². The Kier molecular flexibility index (Phi) is 9.16. The molecule has 10 nitrogen and oxygen atoms in total. The van der Waals surface area contributed by atoms with Crippen LogP contribution in [0.3, 0.4) is 0 Å². The van der Waals surface area contributed by atoms with E-state index >= 15 is 0 Å². The number of benzene rings is 2. The third-order valence-electron chi connectivity index (χ3n) is 6.13. The van der Waals surface area contributed by atoms with Crippen LogP contribution < -0.4 is 9.47 Å². The van der Waals surface area contributed by atoms with E-state index in [1.165, 1.54) is 37.3 Å². The average Bonchev–Trinajstić information content (AvgIpc) is 2.91. The van der Waals surface area contributed by atoms with Crippen LogP contribution in [0.2, 0.25) is 0 Å². The molecule has 1 heterocycles. The van der Waals surface area contributed by atoms with E-state index in [1.807, 2.05) is 0 Å². The molecule has 0 aliphatic rings. The molecule has 0 spiro atoms. The normalized spacial score (nSPS) is 12.4. The fourth-order valence-electron chi connectivity index (χ4n) is 3.82. The number of ether oxygens (including phenoxy) is 2. The largest absolute Gasteiger partial charge is 0.481 e. The first kappa shape index (κ1) is 28.3. The zero-order valence-electron chi connectivity index (χ0n) is 21.5. The Morgan fingerprint density at radius 1 is 1.08 bits per heavy atom. The molecule has 1 amide bonds. The van der Waals surface area contributed by atoms with Gasteiger partial charge in [-0.25, -0.2) is 9.78 Å². The van der Waals surface area contributed by atoms with Crippen LogP contribution in [0.25, 0.3) is 11.1 Å². The molecule has 1 aromatic heterocycles. The highest BCUT2D eigenvalue weighted by Crippen LogP contribution is 2.30. The first-order valence-corrected chi connectivity index (χ1v) is 11.8. The quantitative estimate of drug-likeness (QED) is 0.270. The molecule has 0 saturated carbocycles. The standard InChI is InChI=1S/C28H30N2O8/c1-16-12-18(22-14-24(37-4)29-15-23(22)26(33)30(3)10-11-31)8-9-21(16)28(36)38-20-7-5-6-19(13-20)25(32)17(2)27(34)35/h5-9,12-15,17,25,31-32H,10-11H2,1-4H3,(H,34,35)/t17-,25+/m0/s1. The van der Waals surface area contributed by atoms with Crippen LogP contribution in [0, 0.1) is 12.8 Å². The molecule has 3 aromatic rings. The summed E-state index contributed by atoms with van der Waals surface area (Å²) in [5.74, 6) is -2.69. The fourth-order valence-corrected chi connectivity index (χ4v) is 3.82. The van der Waals surface area contributed by atoms with E-state index in [-0.39, 0.29) is 30.4 Å². The number of hydrogen-bond donors (Lipinski definition) is 3. The average molecular weight is 523 g/mol. The number of esters is 1. The Hall–Kier alpha value is -4.28. The van der Waals surface area contributed by atoms with Gasteiger partial charge >= 0.3 is 11.9 Å². The summed E-state index contributed by atoms with van der Waals surface area (Å²) in [6.45, 7) is 3.09. The van der Waals surface area contributed by atoms with Gasteiger partial charge in [0, 0.05) is 31.4 Å². The number of aliphatic carboxylic acids is 1. The van der Waals surface area contributed by atoms with Gasteiger partial charge in [-0.05, 0) is 48.7 Å². The maximum atomic E-state index is 13.0. The number of aliphatic hydroxyl groups is 2. The zero-order valence-corrected chi connectivity index (χ0v) is 21.5. The Morgan fingerprint density at radius 3 is 2.45 bits per heavy atom. The van der Waals surface area contributed by atoms with Crippen molar-refractivity contribution in [3.05, 3.63) is 77.0 Å². The van der Waals surface area contributed by atoms with E-state index in [2.05, 4.69) is 4.98 Å². The van der Waals surface area contributed by atoms with Crippen LogP contribution in [0.15, 0.2) is 54.7 Å². The molecule has 38 heavy (non-hydrogen) atoms. The van der Waals surface area contributed by atoms with Crippen molar-refractivity contribution in [1.29, 1.82) is 0 Å². The van der Waals surface area contributed by atoms with Gasteiger partial charge in [0.1, 0.15) is 5.75 Å². The van der Waals surface area contributed by atoms with Gasteiger partial charge in [0.15, 0.2) is 0 Å². The number of hydrogen-bond acceptors (Lipinski definition) is 8. The first-order chi connectivity index (χ1) is 18.1. The maximum Gasteiger partial charge on any atom is 0.343 e. The summed E-state index contributed by atoms with van der Waals surface area (Å²) in [4.78, 5) is 42.6. The van der Waals surface area contributed by atoms with Gasteiger partial charge in [-0.1, -0.05) is 24.3 Å². The van der Waals surface area contributed by atoms with Crippen molar-refractivity contribution < 1.29 is 39.2 Å². The Balaban J connectivity index is 1.89. The van der Waals surface area contributed by atoms with Crippen LogP contribution in [-0.4, -0.2) is 70.4 Å². The van der Waals surface area contributed by atoms with Gasteiger partial charge in [0.2, 0.25) is 5.88 Å². The topological polar surface area (TPSA) is 146 Å². The Morgan fingerprint density at radius 2 is 1.82 bits per heavy atom. The lowest BCUT2D eigenvalue weighted by atomic mass is 9.96. The second-order valence-corrected chi connectivity index (χ2v) is 8.79. The number of carboxylic acid groups (broad SMARTS) is 1. The van der Waals surface area contributed by atoms with Gasteiger partial charge in [-0.15, -0.1) is 0 Å². The van der Waals surface area contributed by atoms with Gasteiger partial charge < -0.3 is 29.7 Å². The number of likely N-dealkylation sites (N-methyl/N-ethyl adjacent to an activating group) is 1. The second kappa shape index (κ2) is 12.3. The van der Waals surface area contributed by atoms with Crippen LogP contribution in [-0.2, 0) is 4.79 Å². The first-order valence-electron chi connectivity index (χ1n) is 11.8. The van der Waals surface area contributed by atoms with E-state index < -0.39 is 24.0 Å². The summed E-state index contributed by atoms with van der Waals surface area (Å²) in [6.07, 6.45) is 0.145. The number of nitrogens with zero attached hydrogens (tertiary/aromatic N) is 2. The third kappa shape index (κ3) is 6.34. The molecule has 0 radical (unpaired) electrons. The molecule has 0 fully saturated rings.